The number of nitrogens with one attached hydrogen (secondary N) is 3. The Kier molecular flexibility index (Phi) is 7.29. The molecule has 0 spiro atoms. The largest absolute Gasteiger partial charge is 0.417 e. The highest BCUT2D eigenvalue weighted by molar-refractivity contribution is 6.03. The maximum atomic E-state index is 13.1. The minimum absolute atomic E-state index is 0.0274. The third kappa shape index (κ3) is 5.83. The fraction of sp³-hybridized carbons (Fsp3) is 0.304. The van der Waals surface area contributed by atoms with Gasteiger partial charge in [0.1, 0.15) is 34.8 Å². The molecule has 206 valence electrons. The van der Waals surface area contributed by atoms with E-state index in [2.05, 4.69) is 31.1 Å². The molecule has 39 heavy (non-hydrogen) atoms. The second kappa shape index (κ2) is 10.5. The lowest BCUT2D eigenvalue weighted by Gasteiger charge is -2.20. The highest BCUT2D eigenvalue weighted by Crippen LogP contribution is 2.29. The molecule has 1 aliphatic heterocycles. The summed E-state index contributed by atoms with van der Waals surface area (Å²) in [5.74, 6) is -0.301. The molecule has 0 saturated carbocycles. The zero-order valence-corrected chi connectivity index (χ0v) is 21.0. The summed E-state index contributed by atoms with van der Waals surface area (Å²) in [4.78, 5) is 46.5. The van der Waals surface area contributed by atoms with Crippen LogP contribution in [0, 0.1) is 6.92 Å². The number of carbonyl (C=O) groups excluding carboxylic acids is 1. The van der Waals surface area contributed by atoms with Gasteiger partial charge in [0.15, 0.2) is 0 Å². The number of aromatic nitrogens is 4. The predicted octanol–water partition coefficient (Wildman–Crippen LogP) is 0.696. The summed E-state index contributed by atoms with van der Waals surface area (Å²) in [5, 5.41) is 11.9. The number of amides is 1. The van der Waals surface area contributed by atoms with Gasteiger partial charge in [-0.3, -0.25) is 23.7 Å². The number of aliphatic imine (C=N–C) groups is 1. The van der Waals surface area contributed by atoms with Gasteiger partial charge in [-0.1, -0.05) is 5.16 Å². The Morgan fingerprint density at radius 1 is 1.28 bits per heavy atom. The van der Waals surface area contributed by atoms with Gasteiger partial charge in [-0.05, 0) is 19.9 Å². The summed E-state index contributed by atoms with van der Waals surface area (Å²) in [5.41, 5.74) is 4.12. The SMILES string of the molecule is Cc1cc(Cn2c(=O)c(N[C@@H](C)C(=O)NC3=CNCC(c4cncc(C(F)(F)F)c4)=N3)c(N)n(C)c2=O)no1. The normalized spacial score (nSPS) is 14.2. The predicted molar refractivity (Wildman–Crippen MR) is 134 cm³/mol. The number of anilines is 2. The first-order valence-corrected chi connectivity index (χ1v) is 11.5. The molecule has 4 rings (SSSR count). The molecule has 0 fully saturated rings. The zero-order valence-electron chi connectivity index (χ0n) is 21.0. The van der Waals surface area contributed by atoms with Crippen molar-refractivity contribution in [1.82, 2.24) is 29.9 Å². The van der Waals surface area contributed by atoms with Crippen LogP contribution in [-0.2, 0) is 24.6 Å². The Morgan fingerprint density at radius 2 is 2.03 bits per heavy atom. The molecule has 0 bridgehead atoms. The number of hydrogen-bond acceptors (Lipinski definition) is 10. The van der Waals surface area contributed by atoms with E-state index in [1.54, 1.807) is 13.0 Å². The van der Waals surface area contributed by atoms with Crippen LogP contribution >= 0.6 is 0 Å². The number of aryl methyl sites for hydroxylation is 1. The molecule has 1 aliphatic rings. The first-order chi connectivity index (χ1) is 18.3. The van der Waals surface area contributed by atoms with Crippen LogP contribution in [0.25, 0.3) is 0 Å². The number of alkyl halides is 3. The molecular weight excluding hydrogens is 523 g/mol. The third-order valence-corrected chi connectivity index (χ3v) is 5.76. The van der Waals surface area contributed by atoms with Gasteiger partial charge in [0, 0.05) is 37.3 Å². The van der Waals surface area contributed by atoms with Gasteiger partial charge in [0.05, 0.1) is 24.4 Å². The number of rotatable bonds is 7. The zero-order chi connectivity index (χ0) is 28.5. The van der Waals surface area contributed by atoms with E-state index in [1.807, 2.05) is 0 Å². The van der Waals surface area contributed by atoms with Gasteiger partial charge in [-0.2, -0.15) is 13.2 Å². The van der Waals surface area contributed by atoms with Crippen LogP contribution in [0.1, 0.15) is 29.5 Å². The van der Waals surface area contributed by atoms with Gasteiger partial charge < -0.3 is 26.2 Å². The topological polar surface area (TPSA) is 174 Å². The Hall–Kier alpha value is -4.89. The Balaban J connectivity index is 1.52. The van der Waals surface area contributed by atoms with E-state index in [0.717, 1.165) is 15.2 Å². The van der Waals surface area contributed by atoms with Crippen molar-refractivity contribution in [1.29, 1.82) is 0 Å². The second-order valence-electron chi connectivity index (χ2n) is 8.71. The molecule has 1 amide bonds. The molecule has 0 unspecified atom stereocenters. The number of halogens is 3. The van der Waals surface area contributed by atoms with Crippen LogP contribution in [0.2, 0.25) is 0 Å². The van der Waals surface area contributed by atoms with Gasteiger partial charge in [0.2, 0.25) is 5.91 Å². The highest BCUT2D eigenvalue weighted by Gasteiger charge is 2.31. The van der Waals surface area contributed by atoms with Gasteiger partial charge >= 0.3 is 11.9 Å². The van der Waals surface area contributed by atoms with E-state index in [1.165, 1.54) is 26.4 Å². The minimum atomic E-state index is -4.57. The standard InChI is InChI=1S/C23H24F3N9O4/c1-11-4-15(33-39-11)10-35-21(37)18(19(27)34(3)22(35)38)30-12(2)20(36)32-17-9-29-8-16(31-17)13-5-14(7-28-6-13)23(24,25)26/h4-7,9,12,29-30H,8,10,27H2,1-3H3,(H,32,36)/t12-/m0/s1. The van der Waals surface area contributed by atoms with E-state index in [9.17, 15) is 27.6 Å². The Bertz CT molecular complexity index is 1600. The molecular formula is C23H24F3N9O4. The molecule has 0 radical (unpaired) electrons. The molecule has 16 heteroatoms. The maximum absolute atomic E-state index is 13.1. The molecule has 3 aromatic rings. The fourth-order valence-electron chi connectivity index (χ4n) is 3.67. The molecule has 0 aliphatic carbocycles. The van der Waals surface area contributed by atoms with Crippen molar-refractivity contribution < 1.29 is 22.5 Å². The Labute approximate surface area is 218 Å². The third-order valence-electron chi connectivity index (χ3n) is 5.76. The Morgan fingerprint density at radius 3 is 2.69 bits per heavy atom. The summed E-state index contributed by atoms with van der Waals surface area (Å²) in [6.45, 7) is 3.03. The van der Waals surface area contributed by atoms with Crippen molar-refractivity contribution >= 4 is 23.1 Å². The maximum Gasteiger partial charge on any atom is 0.417 e. The number of hydrogen-bond donors (Lipinski definition) is 4. The first kappa shape index (κ1) is 27.2. The van der Waals surface area contributed by atoms with Crippen molar-refractivity contribution in [2.75, 3.05) is 17.6 Å². The summed E-state index contributed by atoms with van der Waals surface area (Å²) < 4.78 is 46.1. The van der Waals surface area contributed by atoms with Gasteiger partial charge in [-0.15, -0.1) is 0 Å². The van der Waals surface area contributed by atoms with E-state index in [0.29, 0.717) is 17.7 Å². The van der Waals surface area contributed by atoms with Crippen molar-refractivity contribution in [3.63, 3.8) is 0 Å². The van der Waals surface area contributed by atoms with Crippen LogP contribution < -0.4 is 32.9 Å². The molecule has 0 aromatic carbocycles. The molecule has 3 aromatic heterocycles. The number of pyridine rings is 1. The van der Waals surface area contributed by atoms with Crippen molar-refractivity contribution in [3.05, 3.63) is 80.0 Å². The van der Waals surface area contributed by atoms with Gasteiger partial charge in [0.25, 0.3) is 5.56 Å². The minimum Gasteiger partial charge on any atom is -0.383 e. The number of nitrogens with two attached hydrogens (primary N) is 1. The molecule has 13 nitrogen and oxygen atoms in total. The van der Waals surface area contributed by atoms with Crippen LogP contribution in [0.4, 0.5) is 24.7 Å². The van der Waals surface area contributed by atoms with Crippen LogP contribution in [0.5, 0.6) is 0 Å². The number of nitrogen functional groups attached to an aromatic ring is 1. The lowest BCUT2D eigenvalue weighted by Crippen LogP contribution is -2.44. The van der Waals surface area contributed by atoms with Gasteiger partial charge in [-0.25, -0.2) is 9.79 Å². The van der Waals surface area contributed by atoms with Crippen molar-refractivity contribution in [2.24, 2.45) is 12.0 Å². The van der Waals surface area contributed by atoms with Crippen molar-refractivity contribution in [3.8, 4) is 0 Å². The lowest BCUT2D eigenvalue weighted by molar-refractivity contribution is -0.137. The lowest BCUT2D eigenvalue weighted by atomic mass is 10.1. The van der Waals surface area contributed by atoms with E-state index in [4.69, 9.17) is 10.3 Å². The molecule has 5 N–H and O–H groups in total. The number of nitrogens with zero attached hydrogens (tertiary/aromatic N) is 5. The fourth-order valence-corrected chi connectivity index (χ4v) is 3.67. The van der Waals surface area contributed by atoms with Crippen LogP contribution in [0.15, 0.2) is 55.7 Å². The summed E-state index contributed by atoms with van der Waals surface area (Å²) in [6, 6.07) is 1.44. The summed E-state index contributed by atoms with van der Waals surface area (Å²) in [6.07, 6.45) is -1.26. The molecule has 4 heterocycles. The average molecular weight is 547 g/mol. The summed E-state index contributed by atoms with van der Waals surface area (Å²) in [7, 11) is 1.37. The highest BCUT2D eigenvalue weighted by atomic mass is 19.4. The van der Waals surface area contributed by atoms with Crippen molar-refractivity contribution in [2.45, 2.75) is 32.6 Å². The first-order valence-electron chi connectivity index (χ1n) is 11.5. The summed E-state index contributed by atoms with van der Waals surface area (Å²) >= 11 is 0. The van der Waals surface area contributed by atoms with E-state index in [-0.39, 0.29) is 41.7 Å². The smallest absolute Gasteiger partial charge is 0.383 e. The quantitative estimate of drug-likeness (QED) is 0.332. The number of carbonyl (C=O) groups is 1. The van der Waals surface area contributed by atoms with Crippen LogP contribution in [-0.4, -0.2) is 43.5 Å². The molecule has 0 saturated heterocycles. The van der Waals surface area contributed by atoms with E-state index < -0.39 is 34.9 Å². The molecule has 1 atom stereocenters. The monoisotopic (exact) mass is 547 g/mol. The van der Waals surface area contributed by atoms with Crippen LogP contribution in [0.3, 0.4) is 0 Å². The average Bonchev–Trinajstić information content (AvgIpc) is 3.32. The van der Waals surface area contributed by atoms with E-state index >= 15 is 0 Å². The second-order valence-corrected chi connectivity index (χ2v) is 8.71.